The molecule has 1 fully saturated rings. The van der Waals surface area contributed by atoms with Crippen molar-refractivity contribution in [3.8, 4) is 0 Å². The van der Waals surface area contributed by atoms with Gasteiger partial charge in [0.2, 0.25) is 5.91 Å². The van der Waals surface area contributed by atoms with E-state index in [-0.39, 0.29) is 11.9 Å². The number of rotatable bonds is 4. The Balaban J connectivity index is 2.04. The second-order valence-corrected chi connectivity index (χ2v) is 6.87. The van der Waals surface area contributed by atoms with Crippen LogP contribution in [0.2, 0.25) is 0 Å². The molecule has 2 N–H and O–H groups in total. The molecule has 1 aromatic rings. The first kappa shape index (κ1) is 16.5. The Morgan fingerprint density at radius 3 is 2.57 bits per heavy atom. The quantitative estimate of drug-likeness (QED) is 0.872. The van der Waals surface area contributed by atoms with Crippen LogP contribution in [-0.4, -0.2) is 42.5 Å². The summed E-state index contributed by atoms with van der Waals surface area (Å²) in [4.78, 5) is 14.9. The van der Waals surface area contributed by atoms with Crippen molar-refractivity contribution in [2.75, 3.05) is 26.2 Å². The molecule has 0 saturated carbocycles. The maximum atomic E-state index is 12.7. The van der Waals surface area contributed by atoms with Crippen LogP contribution in [0, 0.1) is 0 Å². The lowest BCUT2D eigenvalue weighted by atomic mass is 9.99. The molecule has 1 unspecified atom stereocenters. The van der Waals surface area contributed by atoms with Crippen LogP contribution < -0.4 is 10.6 Å². The molecule has 21 heavy (non-hydrogen) atoms. The van der Waals surface area contributed by atoms with Crippen molar-refractivity contribution in [1.29, 1.82) is 0 Å². The number of benzene rings is 1. The van der Waals surface area contributed by atoms with Crippen molar-refractivity contribution < 1.29 is 4.79 Å². The molecule has 0 radical (unpaired) electrons. The molecule has 0 aliphatic carbocycles. The van der Waals surface area contributed by atoms with Gasteiger partial charge in [0.25, 0.3) is 0 Å². The molecule has 5 heteroatoms. The van der Waals surface area contributed by atoms with Gasteiger partial charge in [-0.25, -0.2) is 0 Å². The Bertz CT molecular complexity index is 498. The van der Waals surface area contributed by atoms with Gasteiger partial charge in [-0.3, -0.25) is 9.69 Å². The van der Waals surface area contributed by atoms with E-state index in [1.807, 2.05) is 45.0 Å². The minimum absolute atomic E-state index is 0.0183. The van der Waals surface area contributed by atoms with E-state index in [1.54, 1.807) is 0 Å². The molecule has 1 saturated heterocycles. The number of carbonyl (C=O) groups is 1. The maximum absolute atomic E-state index is 12.7. The Hall–Kier alpha value is -0.910. The molecule has 0 aromatic heterocycles. The predicted molar refractivity (Wildman–Crippen MR) is 89.2 cm³/mol. The van der Waals surface area contributed by atoms with E-state index in [2.05, 4.69) is 31.5 Å². The largest absolute Gasteiger partial charge is 0.348 e. The van der Waals surface area contributed by atoms with E-state index in [0.717, 1.165) is 36.2 Å². The number of nitrogens with one attached hydrogen (secondary N) is 2. The van der Waals surface area contributed by atoms with E-state index in [4.69, 9.17) is 0 Å². The monoisotopic (exact) mass is 353 g/mol. The second-order valence-electron chi connectivity index (χ2n) is 6.01. The van der Waals surface area contributed by atoms with Crippen LogP contribution in [-0.2, 0) is 4.79 Å². The molecular formula is C16H24BrN3O. The maximum Gasteiger partial charge on any atom is 0.240 e. The number of hydrogen-bond acceptors (Lipinski definition) is 3. The van der Waals surface area contributed by atoms with Gasteiger partial charge in [-0.1, -0.05) is 34.1 Å². The van der Waals surface area contributed by atoms with Crippen LogP contribution in [0.15, 0.2) is 28.7 Å². The summed E-state index contributed by atoms with van der Waals surface area (Å²) in [5.41, 5.74) is 0.611. The zero-order chi connectivity index (χ0) is 15.5. The normalized spacial score (nSPS) is 18.3. The lowest BCUT2D eigenvalue weighted by Crippen LogP contribution is -2.60. The highest BCUT2D eigenvalue weighted by atomic mass is 79.9. The smallest absolute Gasteiger partial charge is 0.240 e. The molecule has 1 aromatic carbocycles. The third-order valence-corrected chi connectivity index (χ3v) is 4.90. The molecule has 1 amide bonds. The number of hydrogen-bond donors (Lipinski definition) is 2. The predicted octanol–water partition coefficient (Wildman–Crippen LogP) is 2.31. The van der Waals surface area contributed by atoms with Crippen LogP contribution in [0.25, 0.3) is 0 Å². The molecule has 0 bridgehead atoms. The van der Waals surface area contributed by atoms with E-state index in [1.165, 1.54) is 0 Å². The Kier molecular flexibility index (Phi) is 5.41. The highest BCUT2D eigenvalue weighted by Gasteiger charge is 2.35. The fraction of sp³-hybridized carbons (Fsp3) is 0.562. The zero-order valence-electron chi connectivity index (χ0n) is 12.9. The standard InChI is InChI=1S/C16H24BrN3O/c1-12(13-6-4-5-7-14(13)17)19-15(21)16(2,3)20-10-8-18-9-11-20/h4-7,12,18H,8-11H2,1-3H3,(H,19,21). The molecule has 2 rings (SSSR count). The first-order chi connectivity index (χ1) is 9.93. The Morgan fingerprint density at radius 1 is 1.33 bits per heavy atom. The Morgan fingerprint density at radius 2 is 1.95 bits per heavy atom. The van der Waals surface area contributed by atoms with Crippen LogP contribution in [0.4, 0.5) is 0 Å². The minimum Gasteiger partial charge on any atom is -0.348 e. The fourth-order valence-electron chi connectivity index (χ4n) is 2.64. The lowest BCUT2D eigenvalue weighted by molar-refractivity contribution is -0.132. The summed E-state index contributed by atoms with van der Waals surface area (Å²) < 4.78 is 1.03. The summed E-state index contributed by atoms with van der Waals surface area (Å²) in [7, 11) is 0. The van der Waals surface area contributed by atoms with Crippen molar-refractivity contribution in [3.63, 3.8) is 0 Å². The van der Waals surface area contributed by atoms with Gasteiger partial charge in [-0.05, 0) is 32.4 Å². The number of amides is 1. The van der Waals surface area contributed by atoms with Crippen LogP contribution in [0.3, 0.4) is 0 Å². The van der Waals surface area contributed by atoms with Gasteiger partial charge in [0.05, 0.1) is 11.6 Å². The highest BCUT2D eigenvalue weighted by Crippen LogP contribution is 2.24. The fourth-order valence-corrected chi connectivity index (χ4v) is 3.27. The number of nitrogens with zero attached hydrogens (tertiary/aromatic N) is 1. The third-order valence-electron chi connectivity index (χ3n) is 4.18. The molecule has 4 nitrogen and oxygen atoms in total. The summed E-state index contributed by atoms with van der Waals surface area (Å²) in [5.74, 6) is 0.0765. The van der Waals surface area contributed by atoms with E-state index in [9.17, 15) is 4.79 Å². The summed E-state index contributed by atoms with van der Waals surface area (Å²) in [5, 5.41) is 6.46. The SMILES string of the molecule is CC(NC(=O)C(C)(C)N1CCNCC1)c1ccccc1Br. The van der Waals surface area contributed by atoms with Gasteiger partial charge in [0.15, 0.2) is 0 Å². The van der Waals surface area contributed by atoms with Crippen LogP contribution in [0.1, 0.15) is 32.4 Å². The highest BCUT2D eigenvalue weighted by molar-refractivity contribution is 9.10. The Labute approximate surface area is 135 Å². The number of piperazine rings is 1. The average Bonchev–Trinajstić information content (AvgIpc) is 2.48. The second kappa shape index (κ2) is 6.90. The molecule has 1 aliphatic rings. The van der Waals surface area contributed by atoms with E-state index >= 15 is 0 Å². The van der Waals surface area contributed by atoms with Crippen molar-refractivity contribution >= 4 is 21.8 Å². The zero-order valence-corrected chi connectivity index (χ0v) is 14.5. The number of halogens is 1. The molecule has 1 aliphatic heterocycles. The summed E-state index contributed by atoms with van der Waals surface area (Å²) >= 11 is 3.54. The van der Waals surface area contributed by atoms with Gasteiger partial charge >= 0.3 is 0 Å². The third kappa shape index (κ3) is 3.84. The summed E-state index contributed by atoms with van der Waals surface area (Å²) in [6, 6.07) is 7.98. The topological polar surface area (TPSA) is 44.4 Å². The summed E-state index contributed by atoms with van der Waals surface area (Å²) in [6.45, 7) is 9.72. The van der Waals surface area contributed by atoms with Gasteiger partial charge in [0, 0.05) is 30.7 Å². The molecule has 1 atom stereocenters. The average molecular weight is 354 g/mol. The lowest BCUT2D eigenvalue weighted by Gasteiger charge is -2.40. The molecule has 1 heterocycles. The van der Waals surface area contributed by atoms with Crippen LogP contribution >= 0.6 is 15.9 Å². The summed E-state index contributed by atoms with van der Waals surface area (Å²) in [6.07, 6.45) is 0. The molecular weight excluding hydrogens is 330 g/mol. The van der Waals surface area contributed by atoms with E-state index < -0.39 is 5.54 Å². The molecule has 0 spiro atoms. The van der Waals surface area contributed by atoms with Crippen LogP contribution in [0.5, 0.6) is 0 Å². The van der Waals surface area contributed by atoms with Crippen molar-refractivity contribution in [3.05, 3.63) is 34.3 Å². The van der Waals surface area contributed by atoms with Crippen molar-refractivity contribution in [2.45, 2.75) is 32.4 Å². The van der Waals surface area contributed by atoms with Gasteiger partial charge in [-0.15, -0.1) is 0 Å². The van der Waals surface area contributed by atoms with Gasteiger partial charge < -0.3 is 10.6 Å². The van der Waals surface area contributed by atoms with Crippen molar-refractivity contribution in [2.24, 2.45) is 0 Å². The first-order valence-corrected chi connectivity index (χ1v) is 8.23. The van der Waals surface area contributed by atoms with Crippen molar-refractivity contribution in [1.82, 2.24) is 15.5 Å². The molecule has 116 valence electrons. The van der Waals surface area contributed by atoms with E-state index in [0.29, 0.717) is 0 Å². The van der Waals surface area contributed by atoms with Gasteiger partial charge in [-0.2, -0.15) is 0 Å². The first-order valence-electron chi connectivity index (χ1n) is 7.44. The number of carbonyl (C=O) groups excluding carboxylic acids is 1. The van der Waals surface area contributed by atoms with Gasteiger partial charge in [0.1, 0.15) is 0 Å². The minimum atomic E-state index is -0.488.